The van der Waals surface area contributed by atoms with E-state index in [2.05, 4.69) is 0 Å². The van der Waals surface area contributed by atoms with Gasteiger partial charge in [0.25, 0.3) is 5.56 Å². The standard InChI is InChI=1S/C23H24FN3O3S2/c1-14-12-26(10-11-30-14)19(28)13-31-23-25-21-20(15-6-2-5-9-18(15)32-21)22(29)27(23)17-8-4-3-7-16(17)24/h3-4,7-8,14H,2,5-6,9-13H2,1H3. The first-order valence-corrected chi connectivity index (χ1v) is 12.7. The van der Waals surface area contributed by atoms with Crippen molar-refractivity contribution < 1.29 is 13.9 Å². The molecule has 2 aromatic heterocycles. The molecule has 1 atom stereocenters. The molecule has 1 saturated heterocycles. The molecule has 0 bridgehead atoms. The maximum Gasteiger partial charge on any atom is 0.267 e. The number of carbonyl (C=O) groups is 1. The summed E-state index contributed by atoms with van der Waals surface area (Å²) in [6.07, 6.45) is 3.95. The summed E-state index contributed by atoms with van der Waals surface area (Å²) in [6, 6.07) is 6.22. The number of para-hydroxylation sites is 1. The van der Waals surface area contributed by atoms with Crippen LogP contribution < -0.4 is 5.56 Å². The maximum absolute atomic E-state index is 14.7. The Kier molecular flexibility index (Phi) is 6.05. The van der Waals surface area contributed by atoms with Gasteiger partial charge in [-0.15, -0.1) is 11.3 Å². The molecule has 168 valence electrons. The highest BCUT2D eigenvalue weighted by atomic mass is 32.2. The van der Waals surface area contributed by atoms with E-state index in [1.807, 2.05) is 6.92 Å². The highest BCUT2D eigenvalue weighted by Crippen LogP contribution is 2.35. The molecule has 1 aliphatic heterocycles. The Morgan fingerprint density at radius 3 is 2.94 bits per heavy atom. The molecule has 1 unspecified atom stereocenters. The number of halogens is 1. The minimum Gasteiger partial charge on any atom is -0.375 e. The van der Waals surface area contributed by atoms with Crippen molar-refractivity contribution in [2.24, 2.45) is 0 Å². The van der Waals surface area contributed by atoms with Gasteiger partial charge in [-0.25, -0.2) is 9.37 Å². The van der Waals surface area contributed by atoms with Gasteiger partial charge in [-0.3, -0.25) is 14.2 Å². The number of morpholine rings is 1. The summed E-state index contributed by atoms with van der Waals surface area (Å²) in [5.74, 6) is -0.399. The summed E-state index contributed by atoms with van der Waals surface area (Å²) < 4.78 is 21.6. The second-order valence-electron chi connectivity index (χ2n) is 8.19. The van der Waals surface area contributed by atoms with Crippen molar-refractivity contribution >= 4 is 39.2 Å². The molecule has 1 aliphatic carbocycles. The number of fused-ring (bicyclic) bond motifs is 3. The lowest BCUT2D eigenvalue weighted by molar-refractivity contribution is -0.135. The summed E-state index contributed by atoms with van der Waals surface area (Å²) in [7, 11) is 0. The monoisotopic (exact) mass is 473 g/mol. The van der Waals surface area contributed by atoms with E-state index < -0.39 is 5.82 Å². The third-order valence-electron chi connectivity index (χ3n) is 5.97. The molecule has 5 rings (SSSR count). The van der Waals surface area contributed by atoms with Gasteiger partial charge in [-0.1, -0.05) is 23.9 Å². The number of hydrogen-bond acceptors (Lipinski definition) is 6. The van der Waals surface area contributed by atoms with Crippen molar-refractivity contribution in [3.63, 3.8) is 0 Å². The lowest BCUT2D eigenvalue weighted by Crippen LogP contribution is -2.45. The van der Waals surface area contributed by atoms with E-state index in [1.165, 1.54) is 27.3 Å². The van der Waals surface area contributed by atoms with Gasteiger partial charge in [0.2, 0.25) is 5.91 Å². The molecular weight excluding hydrogens is 449 g/mol. The molecule has 9 heteroatoms. The number of thiophene rings is 1. The summed E-state index contributed by atoms with van der Waals surface area (Å²) in [5.41, 5.74) is 0.973. The lowest BCUT2D eigenvalue weighted by atomic mass is 9.97. The van der Waals surface area contributed by atoms with Crippen LogP contribution in [0, 0.1) is 5.82 Å². The number of thioether (sulfide) groups is 1. The molecule has 0 saturated carbocycles. The van der Waals surface area contributed by atoms with Crippen molar-refractivity contribution in [2.75, 3.05) is 25.4 Å². The third kappa shape index (κ3) is 3.97. The van der Waals surface area contributed by atoms with Crippen LogP contribution in [0.4, 0.5) is 4.39 Å². The van der Waals surface area contributed by atoms with Crippen LogP contribution in [0.1, 0.15) is 30.2 Å². The van der Waals surface area contributed by atoms with Crippen LogP contribution in [0.25, 0.3) is 15.9 Å². The van der Waals surface area contributed by atoms with E-state index in [4.69, 9.17) is 9.72 Å². The fourth-order valence-electron chi connectivity index (χ4n) is 4.39. The number of amides is 1. The Morgan fingerprint density at radius 2 is 2.12 bits per heavy atom. The van der Waals surface area contributed by atoms with Gasteiger partial charge in [0.05, 0.1) is 29.5 Å². The van der Waals surface area contributed by atoms with E-state index >= 15 is 0 Å². The lowest BCUT2D eigenvalue weighted by Gasteiger charge is -2.31. The molecule has 32 heavy (non-hydrogen) atoms. The SMILES string of the molecule is CC1CN(C(=O)CSc2nc3sc4c(c3c(=O)n2-c2ccccc2F)CCCC4)CCO1. The predicted octanol–water partition coefficient (Wildman–Crippen LogP) is 3.80. The molecule has 3 aromatic rings. The number of aryl methyl sites for hydroxylation is 2. The molecule has 1 aromatic carbocycles. The molecule has 1 amide bonds. The van der Waals surface area contributed by atoms with Crippen LogP contribution in [-0.4, -0.2) is 51.9 Å². The summed E-state index contributed by atoms with van der Waals surface area (Å²) in [5, 5.41) is 0.950. The fourth-order valence-corrected chi connectivity index (χ4v) is 6.60. The number of carbonyl (C=O) groups excluding carboxylic acids is 1. The van der Waals surface area contributed by atoms with Crippen LogP contribution in [0.15, 0.2) is 34.2 Å². The first-order chi connectivity index (χ1) is 15.5. The van der Waals surface area contributed by atoms with Gasteiger partial charge in [0.15, 0.2) is 5.16 Å². The minimum absolute atomic E-state index is 0.00112. The zero-order valence-corrected chi connectivity index (χ0v) is 19.4. The maximum atomic E-state index is 14.7. The Labute approximate surface area is 193 Å². The third-order valence-corrected chi connectivity index (χ3v) is 8.08. The molecule has 1 fully saturated rings. The Balaban J connectivity index is 1.56. The van der Waals surface area contributed by atoms with Gasteiger partial charge in [-0.2, -0.15) is 0 Å². The molecule has 0 N–H and O–H groups in total. The molecule has 0 spiro atoms. The van der Waals surface area contributed by atoms with E-state index in [1.54, 1.807) is 34.4 Å². The Bertz CT molecular complexity index is 1240. The van der Waals surface area contributed by atoms with Crippen molar-refractivity contribution in [3.8, 4) is 5.69 Å². The van der Waals surface area contributed by atoms with Gasteiger partial charge in [0.1, 0.15) is 10.6 Å². The highest BCUT2D eigenvalue weighted by molar-refractivity contribution is 7.99. The summed E-state index contributed by atoms with van der Waals surface area (Å²) in [4.78, 5) is 34.9. The van der Waals surface area contributed by atoms with Crippen molar-refractivity contribution in [3.05, 3.63) is 50.9 Å². The molecule has 6 nitrogen and oxygen atoms in total. The van der Waals surface area contributed by atoms with Crippen molar-refractivity contribution in [1.82, 2.24) is 14.5 Å². The number of nitrogens with zero attached hydrogens (tertiary/aromatic N) is 3. The number of hydrogen-bond donors (Lipinski definition) is 0. The zero-order chi connectivity index (χ0) is 22.2. The van der Waals surface area contributed by atoms with Crippen LogP contribution in [0.5, 0.6) is 0 Å². The second kappa shape index (κ2) is 8.96. The van der Waals surface area contributed by atoms with Crippen molar-refractivity contribution in [2.45, 2.75) is 43.9 Å². The van der Waals surface area contributed by atoms with Crippen LogP contribution >= 0.6 is 23.1 Å². The number of aromatic nitrogens is 2. The molecule has 2 aliphatic rings. The van der Waals surface area contributed by atoms with Gasteiger partial charge >= 0.3 is 0 Å². The smallest absolute Gasteiger partial charge is 0.267 e. The van der Waals surface area contributed by atoms with E-state index in [0.29, 0.717) is 35.1 Å². The number of rotatable bonds is 4. The molecule has 3 heterocycles. The summed E-state index contributed by atoms with van der Waals surface area (Å²) in [6.45, 7) is 3.55. The molecular formula is C23H24FN3O3S2. The normalized spacial score (nSPS) is 18.7. The van der Waals surface area contributed by atoms with Crippen LogP contribution in [0.2, 0.25) is 0 Å². The predicted molar refractivity (Wildman–Crippen MR) is 125 cm³/mol. The van der Waals surface area contributed by atoms with E-state index in [-0.39, 0.29) is 29.0 Å². The van der Waals surface area contributed by atoms with E-state index in [0.717, 1.165) is 31.2 Å². The quantitative estimate of drug-likeness (QED) is 0.426. The number of ether oxygens (including phenoxy) is 1. The fraction of sp³-hybridized carbons (Fsp3) is 0.435. The second-order valence-corrected chi connectivity index (χ2v) is 10.2. The van der Waals surface area contributed by atoms with Crippen LogP contribution in [0.3, 0.4) is 0 Å². The average molecular weight is 474 g/mol. The highest BCUT2D eigenvalue weighted by Gasteiger charge is 2.26. The van der Waals surface area contributed by atoms with E-state index in [9.17, 15) is 14.0 Å². The van der Waals surface area contributed by atoms with Gasteiger partial charge in [-0.05, 0) is 50.3 Å². The summed E-state index contributed by atoms with van der Waals surface area (Å²) >= 11 is 2.74. The Morgan fingerprint density at radius 1 is 1.31 bits per heavy atom. The topological polar surface area (TPSA) is 64.4 Å². The van der Waals surface area contributed by atoms with Crippen LogP contribution in [-0.2, 0) is 22.4 Å². The number of benzene rings is 1. The minimum atomic E-state index is -0.491. The Hall–Kier alpha value is -2.23. The average Bonchev–Trinajstić information content (AvgIpc) is 3.17. The van der Waals surface area contributed by atoms with Gasteiger partial charge in [0, 0.05) is 18.0 Å². The zero-order valence-electron chi connectivity index (χ0n) is 17.8. The molecule has 0 radical (unpaired) electrons. The van der Waals surface area contributed by atoms with Gasteiger partial charge < -0.3 is 9.64 Å². The first-order valence-electron chi connectivity index (χ1n) is 10.9. The largest absolute Gasteiger partial charge is 0.375 e. The first kappa shape index (κ1) is 21.6. The van der Waals surface area contributed by atoms with Crippen molar-refractivity contribution in [1.29, 1.82) is 0 Å².